The number of rotatable bonds is 3. The number of carbonyl (C=O) groups is 1. The Kier molecular flexibility index (Phi) is 3.41. The molecule has 0 unspecified atom stereocenters. The molecule has 1 aromatic rings. The van der Waals surface area contributed by atoms with Crippen molar-refractivity contribution < 1.29 is 9.53 Å². The summed E-state index contributed by atoms with van der Waals surface area (Å²) >= 11 is 0. The minimum absolute atomic E-state index is 0.0848. The van der Waals surface area contributed by atoms with Gasteiger partial charge in [0, 0.05) is 11.8 Å². The van der Waals surface area contributed by atoms with Gasteiger partial charge >= 0.3 is 6.09 Å². The van der Waals surface area contributed by atoms with Crippen LogP contribution in [-0.4, -0.2) is 22.2 Å². The highest BCUT2D eigenvalue weighted by molar-refractivity contribution is 5.67. The maximum Gasteiger partial charge on any atom is 0.407 e. The summed E-state index contributed by atoms with van der Waals surface area (Å²) in [5, 5.41) is 2.64. The van der Waals surface area contributed by atoms with Gasteiger partial charge in [0.25, 0.3) is 0 Å². The Bertz CT molecular complexity index is 418. The number of anilines is 1. The topological polar surface area (TPSA) is 90.1 Å². The smallest absolute Gasteiger partial charge is 0.407 e. The number of aromatic nitrogens is 2. The molecule has 0 saturated heterocycles. The maximum absolute atomic E-state index is 11.4. The molecule has 1 fully saturated rings. The lowest BCUT2D eigenvalue weighted by Gasteiger charge is -2.25. The molecule has 0 atom stereocenters. The molecule has 17 heavy (non-hydrogen) atoms. The van der Waals surface area contributed by atoms with Crippen LogP contribution in [-0.2, 0) is 11.3 Å². The number of nitrogen functional groups attached to an aromatic ring is 1. The third-order valence-electron chi connectivity index (χ3n) is 2.77. The summed E-state index contributed by atoms with van der Waals surface area (Å²) in [5.41, 5.74) is 6.40. The second kappa shape index (κ2) is 4.99. The lowest BCUT2D eigenvalue weighted by atomic mass is 9.96. The molecule has 0 bridgehead atoms. The SMILES string of the molecule is Cc1ncc(CNC(=O)OC2CCC2)c(N)n1. The van der Waals surface area contributed by atoms with Gasteiger partial charge in [0.15, 0.2) is 0 Å². The molecule has 1 aliphatic carbocycles. The van der Waals surface area contributed by atoms with Gasteiger partial charge in [-0.15, -0.1) is 0 Å². The molecule has 6 heteroatoms. The molecule has 0 aliphatic heterocycles. The van der Waals surface area contributed by atoms with Crippen molar-refractivity contribution >= 4 is 11.9 Å². The highest BCUT2D eigenvalue weighted by atomic mass is 16.6. The van der Waals surface area contributed by atoms with Crippen molar-refractivity contribution in [3.63, 3.8) is 0 Å². The van der Waals surface area contributed by atoms with Crippen LogP contribution in [0.3, 0.4) is 0 Å². The van der Waals surface area contributed by atoms with Crippen molar-refractivity contribution in [2.45, 2.75) is 38.8 Å². The largest absolute Gasteiger partial charge is 0.446 e. The number of nitrogens with zero attached hydrogens (tertiary/aromatic N) is 2. The van der Waals surface area contributed by atoms with Gasteiger partial charge < -0.3 is 15.8 Å². The van der Waals surface area contributed by atoms with Gasteiger partial charge in [0.1, 0.15) is 17.7 Å². The third-order valence-corrected chi connectivity index (χ3v) is 2.77. The van der Waals surface area contributed by atoms with Gasteiger partial charge in [0.05, 0.1) is 6.54 Å². The second-order valence-corrected chi connectivity index (χ2v) is 4.14. The first kappa shape index (κ1) is 11.6. The van der Waals surface area contributed by atoms with E-state index in [0.717, 1.165) is 19.3 Å². The Morgan fingerprint density at radius 3 is 3.00 bits per heavy atom. The molecule has 6 nitrogen and oxygen atoms in total. The molecule has 0 spiro atoms. The van der Waals surface area contributed by atoms with E-state index in [1.165, 1.54) is 0 Å². The van der Waals surface area contributed by atoms with Gasteiger partial charge in [-0.3, -0.25) is 0 Å². The first-order chi connectivity index (χ1) is 8.15. The van der Waals surface area contributed by atoms with Crippen molar-refractivity contribution in [2.24, 2.45) is 0 Å². The molecule has 1 aliphatic rings. The number of hydrogen-bond acceptors (Lipinski definition) is 5. The fourth-order valence-corrected chi connectivity index (χ4v) is 1.50. The quantitative estimate of drug-likeness (QED) is 0.821. The molecule has 1 aromatic heterocycles. The number of amides is 1. The molecular formula is C11H16N4O2. The van der Waals surface area contributed by atoms with E-state index in [4.69, 9.17) is 10.5 Å². The number of hydrogen-bond donors (Lipinski definition) is 2. The fraction of sp³-hybridized carbons (Fsp3) is 0.545. The van der Waals surface area contributed by atoms with Crippen molar-refractivity contribution in [3.8, 4) is 0 Å². The van der Waals surface area contributed by atoms with Crippen LogP contribution in [0.1, 0.15) is 30.7 Å². The first-order valence-electron chi connectivity index (χ1n) is 5.67. The predicted molar refractivity (Wildman–Crippen MR) is 62.1 cm³/mol. The minimum Gasteiger partial charge on any atom is -0.446 e. The highest BCUT2D eigenvalue weighted by Crippen LogP contribution is 2.21. The van der Waals surface area contributed by atoms with Crippen molar-refractivity contribution in [2.75, 3.05) is 5.73 Å². The average molecular weight is 236 g/mol. The zero-order valence-corrected chi connectivity index (χ0v) is 9.77. The van der Waals surface area contributed by atoms with E-state index in [1.807, 2.05) is 0 Å². The lowest BCUT2D eigenvalue weighted by Crippen LogP contribution is -2.32. The van der Waals surface area contributed by atoms with E-state index >= 15 is 0 Å². The summed E-state index contributed by atoms with van der Waals surface area (Å²) in [5.74, 6) is 1.00. The molecule has 3 N–H and O–H groups in total. The van der Waals surface area contributed by atoms with Crippen LogP contribution in [0, 0.1) is 6.92 Å². The second-order valence-electron chi connectivity index (χ2n) is 4.14. The molecule has 1 heterocycles. The first-order valence-corrected chi connectivity index (χ1v) is 5.67. The average Bonchev–Trinajstić information content (AvgIpc) is 2.22. The number of alkyl carbamates (subject to hydrolysis) is 1. The van der Waals surface area contributed by atoms with Gasteiger partial charge in [0.2, 0.25) is 0 Å². The van der Waals surface area contributed by atoms with Crippen LogP contribution in [0.5, 0.6) is 0 Å². The van der Waals surface area contributed by atoms with Crippen LogP contribution in [0.25, 0.3) is 0 Å². The van der Waals surface area contributed by atoms with Crippen molar-refractivity contribution in [1.29, 1.82) is 0 Å². The van der Waals surface area contributed by atoms with E-state index < -0.39 is 6.09 Å². The Hall–Kier alpha value is -1.85. The third kappa shape index (κ3) is 3.05. The summed E-state index contributed by atoms with van der Waals surface area (Å²) in [6.45, 7) is 2.05. The number of nitrogens with two attached hydrogens (primary N) is 1. The van der Waals surface area contributed by atoms with Crippen molar-refractivity contribution in [3.05, 3.63) is 17.6 Å². The molecule has 0 aromatic carbocycles. The molecule has 92 valence electrons. The summed E-state index contributed by atoms with van der Waals surface area (Å²) in [4.78, 5) is 19.4. The van der Waals surface area contributed by atoms with E-state index in [-0.39, 0.29) is 12.6 Å². The zero-order valence-electron chi connectivity index (χ0n) is 9.77. The standard InChI is InChI=1S/C11H16N4O2/c1-7-13-5-8(10(12)15-7)6-14-11(16)17-9-3-2-4-9/h5,9H,2-4,6H2,1H3,(H,14,16)(H2,12,13,15). The molecule has 1 amide bonds. The van der Waals surface area contributed by atoms with Crippen LogP contribution >= 0.6 is 0 Å². The van der Waals surface area contributed by atoms with Crippen LogP contribution in [0.15, 0.2) is 6.20 Å². The normalized spacial score (nSPS) is 15.1. The monoisotopic (exact) mass is 236 g/mol. The number of ether oxygens (including phenoxy) is 1. The van der Waals surface area contributed by atoms with Crippen LogP contribution in [0.2, 0.25) is 0 Å². The maximum atomic E-state index is 11.4. The van der Waals surface area contributed by atoms with E-state index in [0.29, 0.717) is 17.2 Å². The molecule has 0 radical (unpaired) electrons. The number of aryl methyl sites for hydroxylation is 1. The van der Waals surface area contributed by atoms with Gasteiger partial charge in [-0.25, -0.2) is 14.8 Å². The summed E-state index contributed by atoms with van der Waals surface area (Å²) in [6, 6.07) is 0. The highest BCUT2D eigenvalue weighted by Gasteiger charge is 2.21. The van der Waals surface area contributed by atoms with Crippen molar-refractivity contribution in [1.82, 2.24) is 15.3 Å². The Balaban J connectivity index is 1.82. The minimum atomic E-state index is -0.408. The van der Waals surface area contributed by atoms with Gasteiger partial charge in [-0.05, 0) is 26.2 Å². The molecule has 1 saturated carbocycles. The predicted octanol–water partition coefficient (Wildman–Crippen LogP) is 1.15. The van der Waals surface area contributed by atoms with E-state index in [2.05, 4.69) is 15.3 Å². The lowest BCUT2D eigenvalue weighted by molar-refractivity contribution is 0.0522. The molecule has 2 rings (SSSR count). The molecular weight excluding hydrogens is 220 g/mol. The van der Waals surface area contributed by atoms with Gasteiger partial charge in [-0.2, -0.15) is 0 Å². The van der Waals surface area contributed by atoms with Gasteiger partial charge in [-0.1, -0.05) is 0 Å². The summed E-state index contributed by atoms with van der Waals surface area (Å²) in [7, 11) is 0. The zero-order chi connectivity index (χ0) is 12.3. The number of nitrogens with one attached hydrogen (secondary N) is 1. The Labute approximate surface area is 99.6 Å². The number of carbonyl (C=O) groups excluding carboxylic acids is 1. The van der Waals surface area contributed by atoms with E-state index in [9.17, 15) is 4.79 Å². The summed E-state index contributed by atoms with van der Waals surface area (Å²) < 4.78 is 5.14. The van der Waals surface area contributed by atoms with Crippen LogP contribution < -0.4 is 11.1 Å². The fourth-order valence-electron chi connectivity index (χ4n) is 1.50. The summed E-state index contributed by atoms with van der Waals surface area (Å²) in [6.07, 6.45) is 4.35. The Morgan fingerprint density at radius 2 is 2.41 bits per heavy atom. The Morgan fingerprint density at radius 1 is 1.65 bits per heavy atom. The van der Waals surface area contributed by atoms with E-state index in [1.54, 1.807) is 13.1 Å². The van der Waals surface area contributed by atoms with Crippen LogP contribution in [0.4, 0.5) is 10.6 Å².